The molecule has 0 spiro atoms. The summed E-state index contributed by atoms with van der Waals surface area (Å²) in [6.07, 6.45) is 0. The molecule has 0 saturated heterocycles. The quantitative estimate of drug-likeness (QED) is 0.318. The number of halogens is 1. The van der Waals surface area contributed by atoms with Gasteiger partial charge in [-0.1, -0.05) is 41.9 Å². The van der Waals surface area contributed by atoms with Gasteiger partial charge in [-0.15, -0.1) is 22.7 Å². The first-order chi connectivity index (χ1) is 14.6. The Bertz CT molecular complexity index is 1370. The van der Waals surface area contributed by atoms with Crippen molar-refractivity contribution < 1.29 is 9.53 Å². The molecule has 148 valence electrons. The second-order valence-corrected chi connectivity index (χ2v) is 9.06. The van der Waals surface area contributed by atoms with Crippen LogP contribution in [0.5, 0.6) is 5.75 Å². The van der Waals surface area contributed by atoms with Gasteiger partial charge < -0.3 is 10.1 Å². The molecular weight excluding hydrogens is 436 g/mol. The van der Waals surface area contributed by atoms with Gasteiger partial charge in [0.2, 0.25) is 0 Å². The van der Waals surface area contributed by atoms with E-state index in [1.165, 1.54) is 11.3 Å². The monoisotopic (exact) mass is 450 g/mol. The number of carbonyl (C=O) groups excluding carboxylic acids is 1. The first kappa shape index (κ1) is 19.1. The Morgan fingerprint density at radius 2 is 1.77 bits per heavy atom. The topological polar surface area (TPSA) is 51.2 Å². The van der Waals surface area contributed by atoms with Crippen LogP contribution in [-0.2, 0) is 0 Å². The third kappa shape index (κ3) is 3.33. The van der Waals surface area contributed by atoms with Gasteiger partial charge in [0.1, 0.15) is 15.6 Å². The van der Waals surface area contributed by atoms with Crippen LogP contribution in [0.25, 0.3) is 30.9 Å². The zero-order valence-electron chi connectivity index (χ0n) is 15.8. The number of aromatic nitrogens is 1. The van der Waals surface area contributed by atoms with Crippen molar-refractivity contribution in [2.45, 2.75) is 0 Å². The summed E-state index contributed by atoms with van der Waals surface area (Å²) < 4.78 is 7.55. The highest BCUT2D eigenvalue weighted by molar-refractivity contribution is 7.22. The average molecular weight is 451 g/mol. The van der Waals surface area contributed by atoms with E-state index in [0.29, 0.717) is 21.3 Å². The van der Waals surface area contributed by atoms with Gasteiger partial charge in [-0.2, -0.15) is 0 Å². The summed E-state index contributed by atoms with van der Waals surface area (Å²) in [4.78, 5) is 18.2. The van der Waals surface area contributed by atoms with Crippen LogP contribution in [0.15, 0.2) is 66.7 Å². The van der Waals surface area contributed by atoms with Gasteiger partial charge in [0.05, 0.1) is 28.0 Å². The van der Waals surface area contributed by atoms with Crippen molar-refractivity contribution in [1.82, 2.24) is 4.98 Å². The zero-order valence-corrected chi connectivity index (χ0v) is 18.2. The Kier molecular flexibility index (Phi) is 4.90. The van der Waals surface area contributed by atoms with E-state index in [1.54, 1.807) is 18.4 Å². The largest absolute Gasteiger partial charge is 0.495 e. The second-order valence-electron chi connectivity index (χ2n) is 6.60. The van der Waals surface area contributed by atoms with Crippen LogP contribution in [0, 0.1) is 0 Å². The molecule has 2 aromatic heterocycles. The number of hydrogen-bond donors (Lipinski definition) is 1. The van der Waals surface area contributed by atoms with Gasteiger partial charge in [-0.3, -0.25) is 4.79 Å². The number of hydrogen-bond acceptors (Lipinski definition) is 5. The molecule has 0 aliphatic heterocycles. The van der Waals surface area contributed by atoms with Gasteiger partial charge in [0.25, 0.3) is 5.91 Å². The molecular formula is C23H15ClN2O2S2. The third-order valence-electron chi connectivity index (χ3n) is 4.73. The van der Waals surface area contributed by atoms with Crippen molar-refractivity contribution in [2.24, 2.45) is 0 Å². The number of thiazole rings is 1. The molecule has 0 radical (unpaired) electrons. The molecule has 5 rings (SSSR count). The highest BCUT2D eigenvalue weighted by atomic mass is 35.5. The molecule has 5 aromatic rings. The van der Waals surface area contributed by atoms with Gasteiger partial charge in [0, 0.05) is 15.6 Å². The molecule has 0 unspecified atom stereocenters. The van der Waals surface area contributed by atoms with Gasteiger partial charge >= 0.3 is 0 Å². The summed E-state index contributed by atoms with van der Waals surface area (Å²) in [7, 11) is 1.58. The number of rotatable bonds is 4. The molecule has 30 heavy (non-hydrogen) atoms. The Hall–Kier alpha value is -2.93. The Morgan fingerprint density at radius 3 is 2.53 bits per heavy atom. The maximum Gasteiger partial charge on any atom is 0.267 e. The summed E-state index contributed by atoms with van der Waals surface area (Å²) in [6.45, 7) is 0. The molecule has 0 bridgehead atoms. The SMILES string of the molecule is COc1ccc(-c2nc3ccccc3s2)cc1NC(=O)c1sc2ccccc2c1Cl. The van der Waals surface area contributed by atoms with E-state index in [9.17, 15) is 4.79 Å². The van der Waals surface area contributed by atoms with Crippen molar-refractivity contribution in [2.75, 3.05) is 12.4 Å². The van der Waals surface area contributed by atoms with E-state index in [0.717, 1.165) is 30.9 Å². The first-order valence-corrected chi connectivity index (χ1v) is 11.2. The van der Waals surface area contributed by atoms with E-state index in [1.807, 2.05) is 66.7 Å². The van der Waals surface area contributed by atoms with Crippen molar-refractivity contribution in [3.05, 3.63) is 76.6 Å². The zero-order chi connectivity index (χ0) is 20.7. The fourth-order valence-corrected chi connectivity index (χ4v) is 5.65. The van der Waals surface area contributed by atoms with E-state index < -0.39 is 0 Å². The smallest absolute Gasteiger partial charge is 0.267 e. The summed E-state index contributed by atoms with van der Waals surface area (Å²) in [5, 5.41) is 5.19. The number of ether oxygens (including phenoxy) is 1. The lowest BCUT2D eigenvalue weighted by Crippen LogP contribution is -2.11. The highest BCUT2D eigenvalue weighted by Crippen LogP contribution is 2.38. The van der Waals surface area contributed by atoms with Crippen LogP contribution >= 0.6 is 34.3 Å². The molecule has 2 heterocycles. The molecule has 7 heteroatoms. The third-order valence-corrected chi connectivity index (χ3v) is 7.49. The lowest BCUT2D eigenvalue weighted by molar-refractivity contribution is 0.103. The number of methoxy groups -OCH3 is 1. The molecule has 1 amide bonds. The Labute approximate surface area is 185 Å². The van der Waals surface area contributed by atoms with Crippen molar-refractivity contribution in [1.29, 1.82) is 0 Å². The fourth-order valence-electron chi connectivity index (χ4n) is 3.27. The van der Waals surface area contributed by atoms with E-state index in [4.69, 9.17) is 21.3 Å². The van der Waals surface area contributed by atoms with Crippen LogP contribution in [-0.4, -0.2) is 18.0 Å². The maximum atomic E-state index is 13.0. The van der Waals surface area contributed by atoms with Crippen LogP contribution in [0.4, 0.5) is 5.69 Å². The predicted octanol–water partition coefficient (Wildman–Crippen LogP) is 7.09. The average Bonchev–Trinajstić information content (AvgIpc) is 3.35. The summed E-state index contributed by atoms with van der Waals surface area (Å²) in [6, 6.07) is 21.4. The minimum Gasteiger partial charge on any atom is -0.495 e. The first-order valence-electron chi connectivity index (χ1n) is 9.16. The lowest BCUT2D eigenvalue weighted by Gasteiger charge is -2.11. The standard InChI is InChI=1S/C23H15ClN2O2S2/c1-28-17-11-10-13(23-26-15-7-3-5-9-19(15)30-23)12-16(17)25-22(27)21-20(24)14-6-2-4-8-18(14)29-21/h2-12H,1H3,(H,25,27). The minimum atomic E-state index is -0.263. The molecule has 0 atom stereocenters. The normalized spacial score (nSPS) is 11.1. The Morgan fingerprint density at radius 1 is 1.00 bits per heavy atom. The summed E-state index contributed by atoms with van der Waals surface area (Å²) in [5.74, 6) is 0.311. The number of amides is 1. The molecule has 1 N–H and O–H groups in total. The number of para-hydroxylation sites is 1. The van der Waals surface area contributed by atoms with Gasteiger partial charge in [0.15, 0.2) is 0 Å². The lowest BCUT2D eigenvalue weighted by atomic mass is 10.2. The highest BCUT2D eigenvalue weighted by Gasteiger charge is 2.19. The number of nitrogens with zero attached hydrogens (tertiary/aromatic N) is 1. The molecule has 0 aliphatic rings. The number of nitrogens with one attached hydrogen (secondary N) is 1. The van der Waals surface area contributed by atoms with E-state index >= 15 is 0 Å². The number of fused-ring (bicyclic) bond motifs is 2. The Balaban J connectivity index is 1.52. The van der Waals surface area contributed by atoms with Crippen LogP contribution in [0.1, 0.15) is 9.67 Å². The number of carbonyl (C=O) groups is 1. The number of benzene rings is 3. The van der Waals surface area contributed by atoms with Crippen LogP contribution < -0.4 is 10.1 Å². The molecule has 4 nitrogen and oxygen atoms in total. The molecule has 0 saturated carbocycles. The maximum absolute atomic E-state index is 13.0. The van der Waals surface area contributed by atoms with Crippen LogP contribution in [0.3, 0.4) is 0 Å². The van der Waals surface area contributed by atoms with Gasteiger partial charge in [-0.05, 0) is 36.4 Å². The summed E-state index contributed by atoms with van der Waals surface area (Å²) in [5.41, 5.74) is 2.44. The van der Waals surface area contributed by atoms with Crippen molar-refractivity contribution >= 4 is 66.2 Å². The molecule has 0 fully saturated rings. The van der Waals surface area contributed by atoms with Crippen LogP contribution in [0.2, 0.25) is 5.02 Å². The molecule has 0 aliphatic carbocycles. The fraction of sp³-hybridized carbons (Fsp3) is 0.0435. The van der Waals surface area contributed by atoms with Gasteiger partial charge in [-0.25, -0.2) is 4.98 Å². The van der Waals surface area contributed by atoms with E-state index in [2.05, 4.69) is 5.32 Å². The number of anilines is 1. The summed E-state index contributed by atoms with van der Waals surface area (Å²) >= 11 is 9.46. The predicted molar refractivity (Wildman–Crippen MR) is 126 cm³/mol. The second kappa shape index (κ2) is 7.72. The minimum absolute atomic E-state index is 0.263. The van der Waals surface area contributed by atoms with Crippen molar-refractivity contribution in [3.63, 3.8) is 0 Å². The van der Waals surface area contributed by atoms with E-state index in [-0.39, 0.29) is 5.91 Å². The number of thiophene rings is 1. The van der Waals surface area contributed by atoms with Crippen molar-refractivity contribution in [3.8, 4) is 16.3 Å². The molecule has 3 aromatic carbocycles.